The Kier molecular flexibility index (Phi) is 11.9. The third kappa shape index (κ3) is 8.24. The zero-order chi connectivity index (χ0) is 19.3. The van der Waals surface area contributed by atoms with E-state index in [1.54, 1.807) is 21.3 Å². The minimum atomic E-state index is 0. The van der Waals surface area contributed by atoms with E-state index in [1.807, 2.05) is 48.5 Å². The summed E-state index contributed by atoms with van der Waals surface area (Å²) < 4.78 is 16.3. The molecule has 0 heterocycles. The number of benzene rings is 2. The van der Waals surface area contributed by atoms with Crippen molar-refractivity contribution in [1.82, 2.24) is 10.6 Å². The van der Waals surface area contributed by atoms with Crippen molar-refractivity contribution in [2.24, 2.45) is 4.99 Å². The van der Waals surface area contributed by atoms with E-state index in [0.29, 0.717) is 13.2 Å². The van der Waals surface area contributed by atoms with Gasteiger partial charge in [-0.3, -0.25) is 4.99 Å². The summed E-state index contributed by atoms with van der Waals surface area (Å²) in [5.41, 5.74) is 1.09. The molecule has 2 N–H and O–H groups in total. The molecule has 154 valence electrons. The second-order valence-electron chi connectivity index (χ2n) is 5.91. The summed E-state index contributed by atoms with van der Waals surface area (Å²) >= 11 is 0. The van der Waals surface area contributed by atoms with Gasteiger partial charge in [-0.25, -0.2) is 0 Å². The van der Waals surface area contributed by atoms with E-state index in [2.05, 4.69) is 15.6 Å². The fraction of sp³-hybridized carbons (Fsp3) is 0.381. The van der Waals surface area contributed by atoms with Crippen molar-refractivity contribution in [3.05, 3.63) is 54.1 Å². The Bertz CT molecular complexity index is 711. The maximum Gasteiger partial charge on any atom is 0.191 e. The van der Waals surface area contributed by atoms with Crippen LogP contribution in [0, 0.1) is 0 Å². The third-order valence-corrected chi connectivity index (χ3v) is 4.01. The van der Waals surface area contributed by atoms with Gasteiger partial charge in [-0.05, 0) is 42.7 Å². The van der Waals surface area contributed by atoms with Gasteiger partial charge in [-0.2, -0.15) is 0 Å². The minimum absolute atomic E-state index is 0. The summed E-state index contributed by atoms with van der Waals surface area (Å²) in [6, 6.07) is 15.7. The van der Waals surface area contributed by atoms with Gasteiger partial charge in [0.1, 0.15) is 5.75 Å². The van der Waals surface area contributed by atoms with Crippen LogP contribution in [-0.4, -0.2) is 40.4 Å². The van der Waals surface area contributed by atoms with Crippen LogP contribution in [0.5, 0.6) is 17.2 Å². The fourth-order valence-electron chi connectivity index (χ4n) is 2.54. The average molecular weight is 499 g/mol. The van der Waals surface area contributed by atoms with Crippen molar-refractivity contribution in [2.45, 2.75) is 19.4 Å². The molecule has 0 aromatic heterocycles. The highest BCUT2D eigenvalue weighted by Crippen LogP contribution is 2.27. The monoisotopic (exact) mass is 499 g/mol. The van der Waals surface area contributed by atoms with Crippen molar-refractivity contribution >= 4 is 29.9 Å². The van der Waals surface area contributed by atoms with E-state index >= 15 is 0 Å². The second kappa shape index (κ2) is 13.9. The lowest BCUT2D eigenvalue weighted by molar-refractivity contribution is 0.307. The van der Waals surface area contributed by atoms with Crippen LogP contribution in [0.4, 0.5) is 0 Å². The van der Waals surface area contributed by atoms with Crippen LogP contribution >= 0.6 is 24.0 Å². The minimum Gasteiger partial charge on any atom is -0.494 e. The van der Waals surface area contributed by atoms with E-state index in [4.69, 9.17) is 14.2 Å². The SMILES string of the molecule is CN=C(NCCCCOc1ccccc1)NCc1ccc(OC)c(OC)c1.I. The van der Waals surface area contributed by atoms with E-state index in [0.717, 1.165) is 48.2 Å². The molecule has 2 rings (SSSR count). The molecule has 6 nitrogen and oxygen atoms in total. The number of unbranched alkanes of at least 4 members (excludes halogenated alkanes) is 1. The van der Waals surface area contributed by atoms with Crippen LogP contribution in [0.15, 0.2) is 53.5 Å². The highest BCUT2D eigenvalue weighted by molar-refractivity contribution is 14.0. The average Bonchev–Trinajstić information content (AvgIpc) is 2.73. The number of hydrogen-bond donors (Lipinski definition) is 2. The molecular weight excluding hydrogens is 469 g/mol. The number of hydrogen-bond acceptors (Lipinski definition) is 4. The Balaban J connectivity index is 0.00000392. The number of aliphatic imine (C=N–C) groups is 1. The molecule has 0 saturated heterocycles. The third-order valence-electron chi connectivity index (χ3n) is 4.01. The van der Waals surface area contributed by atoms with Gasteiger partial charge in [0.25, 0.3) is 0 Å². The second-order valence-corrected chi connectivity index (χ2v) is 5.91. The molecule has 0 amide bonds. The van der Waals surface area contributed by atoms with Crippen LogP contribution in [0.1, 0.15) is 18.4 Å². The summed E-state index contributed by atoms with van der Waals surface area (Å²) in [5.74, 6) is 3.13. The summed E-state index contributed by atoms with van der Waals surface area (Å²) in [4.78, 5) is 4.25. The summed E-state index contributed by atoms with van der Waals surface area (Å²) in [5, 5.41) is 6.62. The standard InChI is InChI=1S/C21H29N3O3.HI/c1-22-21(23-13-7-8-14-27-18-9-5-4-6-10-18)24-16-17-11-12-19(25-2)20(15-17)26-3;/h4-6,9-12,15H,7-8,13-14,16H2,1-3H3,(H2,22,23,24);1H. The lowest BCUT2D eigenvalue weighted by atomic mass is 10.2. The molecule has 0 unspecified atom stereocenters. The normalized spacial score (nSPS) is 10.6. The zero-order valence-corrected chi connectivity index (χ0v) is 19.1. The summed E-state index contributed by atoms with van der Waals surface area (Å²) in [7, 11) is 5.03. The zero-order valence-electron chi connectivity index (χ0n) is 16.7. The molecule has 0 saturated carbocycles. The maximum absolute atomic E-state index is 5.69. The molecule has 7 heteroatoms. The van der Waals surface area contributed by atoms with Crippen molar-refractivity contribution in [3.63, 3.8) is 0 Å². The fourth-order valence-corrected chi connectivity index (χ4v) is 2.54. The van der Waals surface area contributed by atoms with Gasteiger partial charge in [-0.1, -0.05) is 24.3 Å². The smallest absolute Gasteiger partial charge is 0.191 e. The number of methoxy groups -OCH3 is 2. The number of guanidine groups is 1. The quantitative estimate of drug-likeness (QED) is 0.225. The van der Waals surface area contributed by atoms with Crippen molar-refractivity contribution in [2.75, 3.05) is 34.4 Å². The molecular formula is C21H30IN3O3. The number of rotatable bonds is 10. The molecule has 0 atom stereocenters. The predicted molar refractivity (Wildman–Crippen MR) is 124 cm³/mol. The predicted octanol–water partition coefficient (Wildman–Crippen LogP) is 3.85. The largest absolute Gasteiger partial charge is 0.494 e. The van der Waals surface area contributed by atoms with Gasteiger partial charge in [-0.15, -0.1) is 24.0 Å². The number of halogens is 1. The number of ether oxygens (including phenoxy) is 3. The van der Waals surface area contributed by atoms with Crippen LogP contribution < -0.4 is 24.8 Å². The molecule has 0 radical (unpaired) electrons. The van der Waals surface area contributed by atoms with Gasteiger partial charge in [0, 0.05) is 20.1 Å². The van der Waals surface area contributed by atoms with Crippen molar-refractivity contribution < 1.29 is 14.2 Å². The van der Waals surface area contributed by atoms with E-state index in [9.17, 15) is 0 Å². The van der Waals surface area contributed by atoms with Gasteiger partial charge in [0.2, 0.25) is 0 Å². The Morgan fingerprint density at radius 2 is 1.68 bits per heavy atom. The highest BCUT2D eigenvalue weighted by atomic mass is 127. The highest BCUT2D eigenvalue weighted by Gasteiger charge is 2.05. The number of nitrogens with zero attached hydrogens (tertiary/aromatic N) is 1. The van der Waals surface area contributed by atoms with Crippen LogP contribution in [0.3, 0.4) is 0 Å². The molecule has 2 aromatic rings. The van der Waals surface area contributed by atoms with Gasteiger partial charge < -0.3 is 24.8 Å². The van der Waals surface area contributed by atoms with Crippen molar-refractivity contribution in [3.8, 4) is 17.2 Å². The summed E-state index contributed by atoms with van der Waals surface area (Å²) in [6.45, 7) is 2.20. The van der Waals surface area contributed by atoms with Crippen molar-refractivity contribution in [1.29, 1.82) is 0 Å². The lowest BCUT2D eigenvalue weighted by Crippen LogP contribution is -2.37. The first-order valence-electron chi connectivity index (χ1n) is 9.10. The molecule has 2 aromatic carbocycles. The molecule has 0 spiro atoms. The Morgan fingerprint density at radius 1 is 0.929 bits per heavy atom. The topological polar surface area (TPSA) is 64.1 Å². The Labute approximate surface area is 184 Å². The molecule has 0 aliphatic rings. The van der Waals surface area contributed by atoms with E-state index in [-0.39, 0.29) is 24.0 Å². The van der Waals surface area contributed by atoms with Crippen LogP contribution in [-0.2, 0) is 6.54 Å². The first-order valence-corrected chi connectivity index (χ1v) is 9.10. The maximum atomic E-state index is 5.69. The van der Waals surface area contributed by atoms with Gasteiger partial charge >= 0.3 is 0 Å². The Morgan fingerprint density at radius 3 is 2.36 bits per heavy atom. The molecule has 0 aliphatic heterocycles. The molecule has 0 bridgehead atoms. The molecule has 28 heavy (non-hydrogen) atoms. The van der Waals surface area contributed by atoms with Crippen LogP contribution in [0.2, 0.25) is 0 Å². The Hall–Kier alpha value is -2.16. The number of nitrogens with one attached hydrogen (secondary N) is 2. The van der Waals surface area contributed by atoms with E-state index in [1.165, 1.54) is 0 Å². The van der Waals surface area contributed by atoms with Gasteiger partial charge in [0.05, 0.1) is 20.8 Å². The van der Waals surface area contributed by atoms with Crippen LogP contribution in [0.25, 0.3) is 0 Å². The van der Waals surface area contributed by atoms with Gasteiger partial charge in [0.15, 0.2) is 17.5 Å². The molecule has 0 aliphatic carbocycles. The number of para-hydroxylation sites is 1. The summed E-state index contributed by atoms with van der Waals surface area (Å²) in [6.07, 6.45) is 1.98. The molecule has 0 fully saturated rings. The first kappa shape index (κ1) is 23.9. The first-order chi connectivity index (χ1) is 13.3. The van der Waals surface area contributed by atoms with E-state index < -0.39 is 0 Å². The lowest BCUT2D eigenvalue weighted by Gasteiger charge is -2.13.